The SMILES string of the molecule is CCCCCSS. The zero-order chi connectivity index (χ0) is 5.54. The van der Waals surface area contributed by atoms with Gasteiger partial charge in [0.15, 0.2) is 0 Å². The molecule has 44 valence electrons. The highest BCUT2D eigenvalue weighted by molar-refractivity contribution is 8.68. The monoisotopic (exact) mass is 136 g/mol. The summed E-state index contributed by atoms with van der Waals surface area (Å²) in [6.45, 7) is 2.21. The van der Waals surface area contributed by atoms with Crippen LogP contribution in [0.25, 0.3) is 0 Å². The third kappa shape index (κ3) is 6.70. The minimum atomic E-state index is 1.21. The van der Waals surface area contributed by atoms with Crippen molar-refractivity contribution in [1.82, 2.24) is 0 Å². The molecule has 0 fully saturated rings. The van der Waals surface area contributed by atoms with Crippen molar-refractivity contribution in [3.05, 3.63) is 0 Å². The number of thiol groups is 1. The maximum absolute atomic E-state index is 4.01. The summed E-state index contributed by atoms with van der Waals surface area (Å²) in [5.41, 5.74) is 0. The predicted molar refractivity (Wildman–Crippen MR) is 41.0 cm³/mol. The molecule has 0 amide bonds. The molecule has 0 heterocycles. The smallest absolute Gasteiger partial charge is 0.00344 e. The normalized spacial score (nSPS) is 9.43. The van der Waals surface area contributed by atoms with Crippen LogP contribution in [0.2, 0.25) is 0 Å². The van der Waals surface area contributed by atoms with E-state index in [0.717, 1.165) is 0 Å². The molecule has 0 atom stereocenters. The van der Waals surface area contributed by atoms with Crippen molar-refractivity contribution in [3.8, 4) is 0 Å². The summed E-state index contributed by atoms with van der Waals surface area (Å²) in [6.07, 6.45) is 3.99. The Kier molecular flexibility index (Phi) is 7.37. The maximum atomic E-state index is 4.01. The molecular weight excluding hydrogens is 124 g/mol. The lowest BCUT2D eigenvalue weighted by molar-refractivity contribution is 0.780. The average molecular weight is 136 g/mol. The lowest BCUT2D eigenvalue weighted by Crippen LogP contribution is -1.73. The van der Waals surface area contributed by atoms with E-state index in [1.54, 1.807) is 10.8 Å². The van der Waals surface area contributed by atoms with E-state index in [4.69, 9.17) is 0 Å². The molecule has 0 radical (unpaired) electrons. The van der Waals surface area contributed by atoms with Crippen LogP contribution < -0.4 is 0 Å². The molecule has 0 aliphatic heterocycles. The minimum absolute atomic E-state index is 1.21. The molecule has 2 heteroatoms. The van der Waals surface area contributed by atoms with Crippen LogP contribution in [0, 0.1) is 0 Å². The van der Waals surface area contributed by atoms with Crippen LogP contribution in [0.15, 0.2) is 0 Å². The lowest BCUT2D eigenvalue weighted by atomic mass is 10.3. The van der Waals surface area contributed by atoms with Gasteiger partial charge in [-0.25, -0.2) is 0 Å². The van der Waals surface area contributed by atoms with E-state index in [9.17, 15) is 0 Å². The van der Waals surface area contributed by atoms with Crippen LogP contribution in [0.3, 0.4) is 0 Å². The Morgan fingerprint density at radius 2 is 2.14 bits per heavy atom. The highest BCUT2D eigenvalue weighted by atomic mass is 33.1. The molecule has 0 aromatic heterocycles. The first-order chi connectivity index (χ1) is 3.41. The van der Waals surface area contributed by atoms with Gasteiger partial charge in [0, 0.05) is 5.75 Å². The van der Waals surface area contributed by atoms with Crippen LogP contribution in [0.1, 0.15) is 26.2 Å². The third-order valence-electron chi connectivity index (χ3n) is 0.839. The molecule has 0 unspecified atom stereocenters. The van der Waals surface area contributed by atoms with Crippen molar-refractivity contribution in [3.63, 3.8) is 0 Å². The van der Waals surface area contributed by atoms with Crippen LogP contribution in [0.4, 0.5) is 0 Å². The summed E-state index contributed by atoms with van der Waals surface area (Å²) < 4.78 is 0. The fourth-order valence-corrected chi connectivity index (χ4v) is 1.14. The fourth-order valence-electron chi connectivity index (χ4n) is 0.417. The van der Waals surface area contributed by atoms with Gasteiger partial charge in [-0.3, -0.25) is 0 Å². The molecule has 0 nitrogen and oxygen atoms in total. The molecular formula is C5H12S2. The number of rotatable bonds is 4. The van der Waals surface area contributed by atoms with E-state index in [1.807, 2.05) is 0 Å². The van der Waals surface area contributed by atoms with Crippen LogP contribution in [-0.2, 0) is 0 Å². The standard InChI is InChI=1S/C5H12S2/c1-2-3-4-5-7-6/h6H,2-5H2,1H3. The Hall–Kier alpha value is 0.700. The van der Waals surface area contributed by atoms with Crippen LogP contribution in [-0.4, -0.2) is 5.75 Å². The van der Waals surface area contributed by atoms with Crippen molar-refractivity contribution < 1.29 is 0 Å². The van der Waals surface area contributed by atoms with Gasteiger partial charge in [0.05, 0.1) is 0 Å². The van der Waals surface area contributed by atoms with Crippen molar-refractivity contribution in [2.75, 3.05) is 5.75 Å². The summed E-state index contributed by atoms with van der Waals surface area (Å²) in [7, 11) is 1.64. The van der Waals surface area contributed by atoms with Gasteiger partial charge in [-0.2, -0.15) is 0 Å². The first-order valence-corrected chi connectivity index (χ1v) is 4.72. The molecule has 0 N–H and O–H groups in total. The summed E-state index contributed by atoms with van der Waals surface area (Å²) in [6, 6.07) is 0. The second-order valence-electron chi connectivity index (χ2n) is 1.54. The van der Waals surface area contributed by atoms with Gasteiger partial charge in [-0.05, 0) is 6.42 Å². The van der Waals surface area contributed by atoms with Crippen molar-refractivity contribution in [2.24, 2.45) is 0 Å². The Labute approximate surface area is 54.9 Å². The van der Waals surface area contributed by atoms with Crippen LogP contribution in [0.5, 0.6) is 0 Å². The maximum Gasteiger partial charge on any atom is 0.00344 e. The first kappa shape index (κ1) is 7.70. The van der Waals surface area contributed by atoms with Gasteiger partial charge in [0.25, 0.3) is 0 Å². The largest absolute Gasteiger partial charge is 0.111 e. The van der Waals surface area contributed by atoms with E-state index < -0.39 is 0 Å². The van der Waals surface area contributed by atoms with Gasteiger partial charge >= 0.3 is 0 Å². The zero-order valence-electron chi connectivity index (χ0n) is 4.68. The Morgan fingerprint density at radius 1 is 1.43 bits per heavy atom. The molecule has 0 aromatic rings. The fraction of sp³-hybridized carbons (Fsp3) is 1.00. The predicted octanol–water partition coefficient (Wildman–Crippen LogP) is 2.75. The van der Waals surface area contributed by atoms with E-state index >= 15 is 0 Å². The molecule has 0 saturated carbocycles. The summed E-state index contributed by atoms with van der Waals surface area (Å²) in [4.78, 5) is 0. The molecule has 0 saturated heterocycles. The molecule has 7 heavy (non-hydrogen) atoms. The van der Waals surface area contributed by atoms with E-state index in [1.165, 1.54) is 25.0 Å². The number of hydrogen-bond acceptors (Lipinski definition) is 2. The van der Waals surface area contributed by atoms with Gasteiger partial charge in [-0.1, -0.05) is 30.6 Å². The zero-order valence-corrected chi connectivity index (χ0v) is 6.39. The van der Waals surface area contributed by atoms with Crippen LogP contribution >= 0.6 is 22.5 Å². The second kappa shape index (κ2) is 6.70. The first-order valence-electron chi connectivity index (χ1n) is 2.68. The van der Waals surface area contributed by atoms with Gasteiger partial charge < -0.3 is 0 Å². The number of hydrogen-bond donors (Lipinski definition) is 1. The van der Waals surface area contributed by atoms with Crippen molar-refractivity contribution in [1.29, 1.82) is 0 Å². The Morgan fingerprint density at radius 3 is 2.57 bits per heavy atom. The van der Waals surface area contributed by atoms with Crippen molar-refractivity contribution >= 4 is 22.5 Å². The van der Waals surface area contributed by atoms with E-state index in [0.29, 0.717) is 0 Å². The summed E-state index contributed by atoms with van der Waals surface area (Å²) in [5, 5.41) is 0. The molecule has 0 spiro atoms. The van der Waals surface area contributed by atoms with Gasteiger partial charge in [0.2, 0.25) is 0 Å². The second-order valence-corrected chi connectivity index (χ2v) is 2.98. The lowest BCUT2D eigenvalue weighted by Gasteiger charge is -1.89. The number of unbranched alkanes of at least 4 members (excludes halogenated alkanes) is 2. The third-order valence-corrected chi connectivity index (χ3v) is 1.86. The molecule has 0 aliphatic rings. The summed E-state index contributed by atoms with van der Waals surface area (Å²) in [5.74, 6) is 1.21. The summed E-state index contributed by atoms with van der Waals surface area (Å²) >= 11 is 4.01. The topological polar surface area (TPSA) is 0 Å². The molecule has 0 aromatic carbocycles. The highest BCUT2D eigenvalue weighted by Crippen LogP contribution is 2.08. The highest BCUT2D eigenvalue weighted by Gasteiger charge is 1.80. The molecule has 0 rings (SSSR count). The van der Waals surface area contributed by atoms with Gasteiger partial charge in [0.1, 0.15) is 0 Å². The molecule has 0 bridgehead atoms. The van der Waals surface area contributed by atoms with E-state index in [-0.39, 0.29) is 0 Å². The van der Waals surface area contributed by atoms with Crippen molar-refractivity contribution in [2.45, 2.75) is 26.2 Å². The van der Waals surface area contributed by atoms with Gasteiger partial charge in [-0.15, -0.1) is 11.7 Å². The Balaban J connectivity index is 2.45. The minimum Gasteiger partial charge on any atom is -0.111 e. The van der Waals surface area contributed by atoms with E-state index in [2.05, 4.69) is 18.6 Å². The average Bonchev–Trinajstić information content (AvgIpc) is 1.69. The molecule has 0 aliphatic carbocycles. The Bertz CT molecular complexity index is 25.3. The quantitative estimate of drug-likeness (QED) is 0.352.